The van der Waals surface area contributed by atoms with Crippen molar-refractivity contribution >= 4 is 44.8 Å². The number of nitrogen functional groups attached to an aromatic ring is 1. The third-order valence-corrected chi connectivity index (χ3v) is 3.31. The van der Waals surface area contributed by atoms with Crippen molar-refractivity contribution in [1.82, 2.24) is 0 Å². The van der Waals surface area contributed by atoms with Gasteiger partial charge in [-0.15, -0.1) is 0 Å². The van der Waals surface area contributed by atoms with Crippen molar-refractivity contribution in [2.24, 2.45) is 0 Å². The van der Waals surface area contributed by atoms with Crippen LogP contribution in [-0.4, -0.2) is 12.5 Å². The number of nitrogens with two attached hydrogens (primary N) is 1. The first-order chi connectivity index (χ1) is 9.56. The first kappa shape index (κ1) is 14.7. The third kappa shape index (κ3) is 3.88. The number of para-hydroxylation sites is 1. The van der Waals surface area contributed by atoms with Crippen molar-refractivity contribution in [2.45, 2.75) is 0 Å². The maximum Gasteiger partial charge on any atom is 0.262 e. The largest absolute Gasteiger partial charge is 0.480 e. The average Bonchev–Trinajstić information content (AvgIpc) is 2.38. The quantitative estimate of drug-likeness (QED) is 0.822. The molecule has 0 saturated carbocycles. The fourth-order valence-electron chi connectivity index (χ4n) is 1.58. The van der Waals surface area contributed by atoms with Crippen LogP contribution in [0.5, 0.6) is 5.75 Å². The molecule has 0 aromatic heterocycles. The van der Waals surface area contributed by atoms with Gasteiger partial charge in [0, 0.05) is 10.7 Å². The second-order valence-corrected chi connectivity index (χ2v) is 5.30. The van der Waals surface area contributed by atoms with Crippen LogP contribution in [-0.2, 0) is 4.79 Å². The average molecular weight is 356 g/mol. The van der Waals surface area contributed by atoms with E-state index in [0.717, 1.165) is 0 Å². The van der Waals surface area contributed by atoms with E-state index in [-0.39, 0.29) is 12.5 Å². The Balaban J connectivity index is 1.96. The summed E-state index contributed by atoms with van der Waals surface area (Å²) in [4.78, 5) is 11.8. The summed E-state index contributed by atoms with van der Waals surface area (Å²) in [6.07, 6.45) is 0. The molecular weight excluding hydrogens is 344 g/mol. The lowest BCUT2D eigenvalue weighted by Crippen LogP contribution is -2.20. The molecule has 2 aromatic carbocycles. The third-order valence-electron chi connectivity index (χ3n) is 2.45. The van der Waals surface area contributed by atoms with Gasteiger partial charge < -0.3 is 15.8 Å². The van der Waals surface area contributed by atoms with Crippen molar-refractivity contribution in [3.05, 3.63) is 52.0 Å². The summed E-state index contributed by atoms with van der Waals surface area (Å²) < 4.78 is 6.12. The van der Waals surface area contributed by atoms with Crippen LogP contribution in [0.1, 0.15) is 0 Å². The number of halogens is 2. The fourth-order valence-corrected chi connectivity index (χ4v) is 2.27. The van der Waals surface area contributed by atoms with Crippen molar-refractivity contribution < 1.29 is 9.53 Å². The molecule has 0 unspecified atom stereocenters. The number of carbonyl (C=O) groups is 1. The van der Waals surface area contributed by atoms with Crippen LogP contribution in [0.4, 0.5) is 11.4 Å². The molecule has 0 atom stereocenters. The van der Waals surface area contributed by atoms with E-state index in [0.29, 0.717) is 26.6 Å². The zero-order chi connectivity index (χ0) is 14.5. The minimum Gasteiger partial charge on any atom is -0.480 e. The smallest absolute Gasteiger partial charge is 0.262 e. The lowest BCUT2D eigenvalue weighted by Gasteiger charge is -2.11. The molecule has 0 aliphatic heterocycles. The van der Waals surface area contributed by atoms with E-state index >= 15 is 0 Å². The Bertz CT molecular complexity index is 614. The van der Waals surface area contributed by atoms with Crippen molar-refractivity contribution in [1.29, 1.82) is 0 Å². The molecule has 0 aliphatic carbocycles. The summed E-state index contributed by atoms with van der Waals surface area (Å²) in [7, 11) is 0. The Kier molecular flexibility index (Phi) is 4.87. The highest BCUT2D eigenvalue weighted by molar-refractivity contribution is 9.10. The molecule has 6 heteroatoms. The normalized spacial score (nSPS) is 10.1. The van der Waals surface area contributed by atoms with E-state index in [9.17, 15) is 4.79 Å². The van der Waals surface area contributed by atoms with E-state index in [2.05, 4.69) is 21.2 Å². The summed E-state index contributed by atoms with van der Waals surface area (Å²) in [5.41, 5.74) is 6.86. The predicted molar refractivity (Wildman–Crippen MR) is 84.1 cm³/mol. The number of ether oxygens (including phenoxy) is 1. The number of hydrogen-bond acceptors (Lipinski definition) is 3. The number of benzene rings is 2. The summed E-state index contributed by atoms with van der Waals surface area (Å²) in [5, 5.41) is 3.24. The molecule has 20 heavy (non-hydrogen) atoms. The van der Waals surface area contributed by atoms with Crippen LogP contribution < -0.4 is 15.8 Å². The van der Waals surface area contributed by atoms with Gasteiger partial charge in [0.15, 0.2) is 12.4 Å². The van der Waals surface area contributed by atoms with Crippen molar-refractivity contribution in [2.75, 3.05) is 17.7 Å². The molecule has 2 rings (SSSR count). The highest BCUT2D eigenvalue weighted by atomic mass is 79.9. The minimum atomic E-state index is -0.289. The van der Waals surface area contributed by atoms with Crippen LogP contribution in [0, 0.1) is 0 Å². The molecular formula is C14H12BrClN2O2. The topological polar surface area (TPSA) is 64.3 Å². The van der Waals surface area contributed by atoms with E-state index in [1.165, 1.54) is 0 Å². The first-order valence-corrected chi connectivity index (χ1v) is 6.95. The molecule has 2 aromatic rings. The summed E-state index contributed by atoms with van der Waals surface area (Å²) in [6.45, 7) is -0.140. The number of rotatable bonds is 4. The van der Waals surface area contributed by atoms with Gasteiger partial charge >= 0.3 is 0 Å². The fraction of sp³-hybridized carbons (Fsp3) is 0.0714. The zero-order valence-electron chi connectivity index (χ0n) is 10.4. The van der Waals surface area contributed by atoms with Gasteiger partial charge in [0.1, 0.15) is 0 Å². The Morgan fingerprint density at radius 1 is 1.30 bits per heavy atom. The van der Waals surface area contributed by atoms with E-state index in [4.69, 9.17) is 22.1 Å². The molecule has 4 nitrogen and oxygen atoms in total. The van der Waals surface area contributed by atoms with Crippen LogP contribution in [0.15, 0.2) is 46.9 Å². The maximum atomic E-state index is 11.8. The van der Waals surface area contributed by atoms with Gasteiger partial charge in [-0.3, -0.25) is 4.79 Å². The minimum absolute atomic E-state index is 0.140. The summed E-state index contributed by atoms with van der Waals surface area (Å²) in [6, 6.07) is 12.2. The molecule has 0 fully saturated rings. The SMILES string of the molecule is Nc1cccc(Br)c1OCC(=O)Nc1cccc(Cl)c1. The van der Waals surface area contributed by atoms with E-state index in [1.807, 2.05) is 0 Å². The molecule has 0 radical (unpaired) electrons. The van der Waals surface area contributed by atoms with Crippen molar-refractivity contribution in [3.63, 3.8) is 0 Å². The maximum absolute atomic E-state index is 11.8. The van der Waals surface area contributed by atoms with E-state index in [1.54, 1.807) is 42.5 Å². The highest BCUT2D eigenvalue weighted by Crippen LogP contribution is 2.30. The van der Waals surface area contributed by atoms with Crippen molar-refractivity contribution in [3.8, 4) is 5.75 Å². The number of hydrogen-bond donors (Lipinski definition) is 2. The van der Waals surface area contributed by atoms with E-state index < -0.39 is 0 Å². The Morgan fingerprint density at radius 2 is 2.05 bits per heavy atom. The lowest BCUT2D eigenvalue weighted by atomic mass is 10.3. The van der Waals surface area contributed by atoms with Crippen LogP contribution in [0.2, 0.25) is 5.02 Å². The molecule has 0 spiro atoms. The predicted octanol–water partition coefficient (Wildman–Crippen LogP) is 3.70. The number of amides is 1. The molecule has 0 aliphatic rings. The van der Waals surface area contributed by atoms with Gasteiger partial charge in [-0.2, -0.15) is 0 Å². The molecule has 0 bridgehead atoms. The lowest BCUT2D eigenvalue weighted by molar-refractivity contribution is -0.118. The number of anilines is 2. The molecule has 3 N–H and O–H groups in total. The first-order valence-electron chi connectivity index (χ1n) is 5.78. The molecule has 104 valence electrons. The monoisotopic (exact) mass is 354 g/mol. The van der Waals surface area contributed by atoms with Crippen LogP contribution in [0.25, 0.3) is 0 Å². The summed E-state index contributed by atoms with van der Waals surface area (Å²) >= 11 is 9.16. The number of carbonyl (C=O) groups excluding carboxylic acids is 1. The standard InChI is InChI=1S/C14H12BrClN2O2/c15-11-5-2-6-12(17)14(11)20-8-13(19)18-10-4-1-3-9(16)7-10/h1-7H,8,17H2,(H,18,19). The van der Waals surface area contributed by atoms with Gasteiger partial charge in [-0.1, -0.05) is 23.7 Å². The second kappa shape index (κ2) is 6.63. The Labute approximate surface area is 130 Å². The molecule has 1 amide bonds. The molecule has 0 heterocycles. The number of nitrogens with one attached hydrogen (secondary N) is 1. The zero-order valence-corrected chi connectivity index (χ0v) is 12.7. The van der Waals surface area contributed by atoms with Crippen LogP contribution in [0.3, 0.4) is 0 Å². The highest BCUT2D eigenvalue weighted by Gasteiger charge is 2.09. The van der Waals surface area contributed by atoms with Gasteiger partial charge in [-0.05, 0) is 46.3 Å². The second-order valence-electron chi connectivity index (χ2n) is 4.01. The molecule has 0 saturated heterocycles. The van der Waals surface area contributed by atoms with Gasteiger partial charge in [0.2, 0.25) is 0 Å². The summed E-state index contributed by atoms with van der Waals surface area (Å²) in [5.74, 6) is 0.163. The van der Waals surface area contributed by atoms with Crippen LogP contribution >= 0.6 is 27.5 Å². The van der Waals surface area contributed by atoms with Gasteiger partial charge in [0.05, 0.1) is 10.2 Å². The van der Waals surface area contributed by atoms with Gasteiger partial charge in [-0.25, -0.2) is 0 Å². The van der Waals surface area contributed by atoms with Gasteiger partial charge in [0.25, 0.3) is 5.91 Å². The Hall–Kier alpha value is -1.72. The Morgan fingerprint density at radius 3 is 2.75 bits per heavy atom.